The lowest BCUT2D eigenvalue weighted by molar-refractivity contribution is 1.35. The van der Waals surface area contributed by atoms with Crippen molar-refractivity contribution in [1.82, 2.24) is 0 Å². The standard InChI is InChI=1S/C19H16S2/c20-18-12-6-4-10-16(18)17-11-5-7-13-19(17)21-14-15-8-2-1-3-9-15/h1-11,13H,12,14H2. The molecule has 0 spiro atoms. The maximum atomic E-state index is 5.52. The van der Waals surface area contributed by atoms with Crippen molar-refractivity contribution in [3.05, 3.63) is 84.0 Å². The molecule has 3 rings (SSSR count). The third-order valence-corrected chi connectivity index (χ3v) is 4.95. The molecule has 0 unspecified atom stereocenters. The average Bonchev–Trinajstić information content (AvgIpc) is 2.55. The monoisotopic (exact) mass is 308 g/mol. The smallest absolute Gasteiger partial charge is 0.0268 e. The Morgan fingerprint density at radius 2 is 1.71 bits per heavy atom. The highest BCUT2D eigenvalue weighted by molar-refractivity contribution is 7.98. The molecule has 0 saturated heterocycles. The van der Waals surface area contributed by atoms with Crippen LogP contribution in [0, 0.1) is 0 Å². The van der Waals surface area contributed by atoms with E-state index in [2.05, 4.69) is 72.8 Å². The van der Waals surface area contributed by atoms with Gasteiger partial charge in [-0.25, -0.2) is 0 Å². The van der Waals surface area contributed by atoms with E-state index in [1.54, 1.807) is 0 Å². The third-order valence-electron chi connectivity index (χ3n) is 3.42. The van der Waals surface area contributed by atoms with Crippen LogP contribution in [-0.4, -0.2) is 4.86 Å². The second-order valence-corrected chi connectivity index (χ2v) is 6.42. The first-order valence-electron chi connectivity index (χ1n) is 7.01. The summed E-state index contributed by atoms with van der Waals surface area (Å²) in [5.41, 5.74) is 3.80. The summed E-state index contributed by atoms with van der Waals surface area (Å²) in [5, 5.41) is 0. The van der Waals surface area contributed by atoms with Gasteiger partial charge in [0.15, 0.2) is 0 Å². The molecule has 2 heteroatoms. The Kier molecular flexibility index (Phi) is 4.69. The van der Waals surface area contributed by atoms with Gasteiger partial charge in [-0.15, -0.1) is 11.8 Å². The van der Waals surface area contributed by atoms with Gasteiger partial charge in [0.2, 0.25) is 0 Å². The zero-order valence-corrected chi connectivity index (χ0v) is 13.3. The van der Waals surface area contributed by atoms with Crippen LogP contribution in [0.4, 0.5) is 0 Å². The van der Waals surface area contributed by atoms with Gasteiger partial charge in [-0.05, 0) is 22.8 Å². The summed E-state index contributed by atoms with van der Waals surface area (Å²) in [6.45, 7) is 0. The van der Waals surface area contributed by atoms with Crippen molar-refractivity contribution in [2.45, 2.75) is 17.1 Å². The van der Waals surface area contributed by atoms with Crippen LogP contribution in [0.1, 0.15) is 17.5 Å². The van der Waals surface area contributed by atoms with Crippen molar-refractivity contribution in [2.75, 3.05) is 0 Å². The summed E-state index contributed by atoms with van der Waals surface area (Å²) >= 11 is 7.39. The molecule has 0 aromatic heterocycles. The summed E-state index contributed by atoms with van der Waals surface area (Å²) in [6, 6.07) is 19.1. The molecule has 0 bridgehead atoms. The van der Waals surface area contributed by atoms with Gasteiger partial charge in [-0.3, -0.25) is 0 Å². The van der Waals surface area contributed by atoms with Gasteiger partial charge in [-0.1, -0.05) is 79.0 Å². The summed E-state index contributed by atoms with van der Waals surface area (Å²) in [7, 11) is 0. The van der Waals surface area contributed by atoms with Crippen molar-refractivity contribution in [1.29, 1.82) is 0 Å². The molecular formula is C19H16S2. The molecule has 0 atom stereocenters. The Balaban J connectivity index is 1.85. The number of rotatable bonds is 4. The van der Waals surface area contributed by atoms with Crippen LogP contribution in [-0.2, 0) is 5.75 Å². The van der Waals surface area contributed by atoms with Crippen LogP contribution in [0.3, 0.4) is 0 Å². The van der Waals surface area contributed by atoms with E-state index in [4.69, 9.17) is 12.2 Å². The quantitative estimate of drug-likeness (QED) is 0.525. The molecule has 0 aliphatic heterocycles. The van der Waals surface area contributed by atoms with Gasteiger partial charge >= 0.3 is 0 Å². The van der Waals surface area contributed by atoms with Crippen molar-refractivity contribution >= 4 is 34.4 Å². The van der Waals surface area contributed by atoms with Crippen LogP contribution in [0.2, 0.25) is 0 Å². The molecule has 0 heterocycles. The fourth-order valence-corrected chi connectivity index (χ4v) is 3.63. The highest BCUT2D eigenvalue weighted by atomic mass is 32.2. The Morgan fingerprint density at radius 1 is 0.952 bits per heavy atom. The molecule has 0 N–H and O–H groups in total. The fraction of sp³-hybridized carbons (Fsp3) is 0.105. The van der Waals surface area contributed by atoms with Crippen LogP contribution in [0.25, 0.3) is 5.57 Å². The second kappa shape index (κ2) is 6.88. The van der Waals surface area contributed by atoms with Gasteiger partial charge in [-0.2, -0.15) is 0 Å². The number of hydrogen-bond donors (Lipinski definition) is 0. The molecule has 2 aromatic rings. The van der Waals surface area contributed by atoms with E-state index in [0.717, 1.165) is 17.0 Å². The number of benzene rings is 2. The van der Waals surface area contributed by atoms with Crippen molar-refractivity contribution in [3.63, 3.8) is 0 Å². The SMILES string of the molecule is S=C1CC=CC=C1c1ccccc1SCc1ccccc1. The van der Waals surface area contributed by atoms with Gasteiger partial charge < -0.3 is 0 Å². The lowest BCUT2D eigenvalue weighted by atomic mass is 9.97. The molecule has 2 aromatic carbocycles. The van der Waals surface area contributed by atoms with Gasteiger partial charge in [0, 0.05) is 21.9 Å². The van der Waals surface area contributed by atoms with E-state index in [0.29, 0.717) is 0 Å². The third kappa shape index (κ3) is 3.52. The first kappa shape index (κ1) is 14.3. The highest BCUT2D eigenvalue weighted by Crippen LogP contribution is 2.32. The lowest BCUT2D eigenvalue weighted by Gasteiger charge is -2.15. The molecular weight excluding hydrogens is 292 g/mol. The van der Waals surface area contributed by atoms with Gasteiger partial charge in [0.25, 0.3) is 0 Å². The Hall–Kier alpha value is -1.64. The van der Waals surface area contributed by atoms with Gasteiger partial charge in [0.1, 0.15) is 0 Å². The normalized spacial score (nSPS) is 14.1. The number of hydrogen-bond acceptors (Lipinski definition) is 2. The van der Waals surface area contributed by atoms with E-state index in [-0.39, 0.29) is 0 Å². The lowest BCUT2D eigenvalue weighted by Crippen LogP contribution is -2.01. The first-order chi connectivity index (χ1) is 10.3. The molecule has 0 fully saturated rings. The first-order valence-corrected chi connectivity index (χ1v) is 8.40. The average molecular weight is 308 g/mol. The number of thioether (sulfide) groups is 1. The van der Waals surface area contributed by atoms with Crippen LogP contribution >= 0.6 is 24.0 Å². The Morgan fingerprint density at radius 3 is 2.52 bits per heavy atom. The molecule has 0 radical (unpaired) electrons. The largest absolute Gasteiger partial charge is 0.121 e. The van der Waals surface area contributed by atoms with E-state index < -0.39 is 0 Å². The summed E-state index contributed by atoms with van der Waals surface area (Å²) in [6.07, 6.45) is 7.22. The van der Waals surface area contributed by atoms with Crippen LogP contribution < -0.4 is 0 Å². The minimum absolute atomic E-state index is 0.874. The molecule has 0 nitrogen and oxygen atoms in total. The molecule has 1 aliphatic carbocycles. The molecule has 1 aliphatic rings. The molecule has 0 saturated carbocycles. The minimum Gasteiger partial charge on any atom is -0.121 e. The van der Waals surface area contributed by atoms with E-state index in [1.807, 2.05) is 11.8 Å². The topological polar surface area (TPSA) is 0 Å². The molecule has 0 amide bonds. The molecule has 104 valence electrons. The number of thiocarbonyl (C=S) groups is 1. The fourth-order valence-electron chi connectivity index (χ4n) is 2.33. The van der Waals surface area contributed by atoms with Crippen molar-refractivity contribution in [3.8, 4) is 0 Å². The highest BCUT2D eigenvalue weighted by Gasteiger charge is 2.13. The Bertz CT molecular complexity index is 697. The predicted octanol–water partition coefficient (Wildman–Crippen LogP) is 5.69. The predicted molar refractivity (Wildman–Crippen MR) is 96.8 cm³/mol. The van der Waals surface area contributed by atoms with Crippen molar-refractivity contribution < 1.29 is 0 Å². The minimum atomic E-state index is 0.874. The summed E-state index contributed by atoms with van der Waals surface area (Å²) in [4.78, 5) is 2.33. The van der Waals surface area contributed by atoms with E-state index >= 15 is 0 Å². The zero-order chi connectivity index (χ0) is 14.5. The van der Waals surface area contributed by atoms with Gasteiger partial charge in [0.05, 0.1) is 0 Å². The molecule has 21 heavy (non-hydrogen) atoms. The Labute approximate surface area is 135 Å². The maximum Gasteiger partial charge on any atom is 0.0268 e. The maximum absolute atomic E-state index is 5.52. The van der Waals surface area contributed by atoms with E-state index in [9.17, 15) is 0 Å². The number of allylic oxidation sites excluding steroid dienone is 4. The summed E-state index contributed by atoms with van der Waals surface area (Å²) < 4.78 is 0. The van der Waals surface area contributed by atoms with Crippen LogP contribution in [0.5, 0.6) is 0 Å². The van der Waals surface area contributed by atoms with Crippen molar-refractivity contribution in [2.24, 2.45) is 0 Å². The van der Waals surface area contributed by atoms with Crippen LogP contribution in [0.15, 0.2) is 77.7 Å². The summed E-state index contributed by atoms with van der Waals surface area (Å²) in [5.74, 6) is 0.980. The second-order valence-electron chi connectivity index (χ2n) is 4.91. The van der Waals surface area contributed by atoms with E-state index in [1.165, 1.54) is 21.6 Å². The zero-order valence-electron chi connectivity index (χ0n) is 11.7.